The Kier molecular flexibility index (Phi) is 5.51. The Balaban J connectivity index is 1.48. The number of urea groups is 1. The quantitative estimate of drug-likeness (QED) is 0.315. The molecule has 0 aliphatic rings. The molecule has 34 heavy (non-hydrogen) atoms. The van der Waals surface area contributed by atoms with Gasteiger partial charge in [-0.2, -0.15) is 5.10 Å². The Morgan fingerprint density at radius 2 is 1.88 bits per heavy atom. The number of imidazole rings is 1. The monoisotopic (exact) mass is 456 g/mol. The van der Waals surface area contributed by atoms with Crippen molar-refractivity contribution in [1.82, 2.24) is 25.5 Å². The van der Waals surface area contributed by atoms with Gasteiger partial charge in [-0.1, -0.05) is 30.3 Å². The van der Waals surface area contributed by atoms with Crippen LogP contribution in [0.5, 0.6) is 0 Å². The Labute approximate surface area is 193 Å². The van der Waals surface area contributed by atoms with Crippen molar-refractivity contribution in [2.24, 2.45) is 0 Å². The number of H-pyrrole nitrogens is 2. The minimum atomic E-state index is -0.362. The summed E-state index contributed by atoms with van der Waals surface area (Å²) in [7, 11) is 0. The highest BCUT2D eigenvalue weighted by molar-refractivity contribution is 5.91. The molecule has 9 heteroatoms. The van der Waals surface area contributed by atoms with Gasteiger partial charge in [0.05, 0.1) is 22.1 Å². The zero-order valence-electron chi connectivity index (χ0n) is 18.3. The summed E-state index contributed by atoms with van der Waals surface area (Å²) in [5, 5.41) is 13.4. The Morgan fingerprint density at radius 3 is 2.71 bits per heavy atom. The number of aromatic amines is 2. The largest absolute Gasteiger partial charge is 0.338 e. The SMILES string of the molecule is CCNC(=O)Nc1nc2cc(-c3cc(Cc4n[nH]c(=O)c5ccccc45)ccc3F)ccc2[nH]1. The molecule has 5 aromatic rings. The smallest absolute Gasteiger partial charge is 0.321 e. The van der Waals surface area contributed by atoms with Crippen LogP contribution in [0, 0.1) is 5.82 Å². The molecule has 4 N–H and O–H groups in total. The predicted octanol–water partition coefficient (Wildman–Crippen LogP) is 4.34. The number of nitrogens with zero attached hydrogens (tertiary/aromatic N) is 2. The van der Waals surface area contributed by atoms with Crippen molar-refractivity contribution in [1.29, 1.82) is 0 Å². The summed E-state index contributed by atoms with van der Waals surface area (Å²) >= 11 is 0. The van der Waals surface area contributed by atoms with E-state index in [1.807, 2.05) is 19.1 Å². The number of amides is 2. The lowest BCUT2D eigenvalue weighted by Crippen LogP contribution is -2.28. The van der Waals surface area contributed by atoms with Gasteiger partial charge in [0.25, 0.3) is 5.56 Å². The van der Waals surface area contributed by atoms with Crippen LogP contribution in [0.15, 0.2) is 65.5 Å². The highest BCUT2D eigenvalue weighted by atomic mass is 19.1. The molecule has 2 heterocycles. The number of anilines is 1. The maximum Gasteiger partial charge on any atom is 0.321 e. The Bertz CT molecular complexity index is 1590. The van der Waals surface area contributed by atoms with Crippen molar-refractivity contribution in [3.63, 3.8) is 0 Å². The molecule has 0 aliphatic carbocycles. The van der Waals surface area contributed by atoms with E-state index in [9.17, 15) is 14.0 Å². The van der Waals surface area contributed by atoms with Gasteiger partial charge in [-0.25, -0.2) is 19.3 Å². The van der Waals surface area contributed by atoms with Crippen LogP contribution in [0.2, 0.25) is 0 Å². The summed E-state index contributed by atoms with van der Waals surface area (Å²) in [6.45, 7) is 2.32. The molecule has 2 aromatic heterocycles. The van der Waals surface area contributed by atoms with Crippen molar-refractivity contribution >= 4 is 33.8 Å². The highest BCUT2D eigenvalue weighted by Crippen LogP contribution is 2.28. The first-order chi connectivity index (χ1) is 16.5. The molecule has 0 atom stereocenters. The van der Waals surface area contributed by atoms with E-state index in [4.69, 9.17) is 0 Å². The molecule has 0 fully saturated rings. The van der Waals surface area contributed by atoms with E-state index in [0.29, 0.717) is 46.6 Å². The van der Waals surface area contributed by atoms with Crippen LogP contribution < -0.4 is 16.2 Å². The fourth-order valence-electron chi connectivity index (χ4n) is 3.95. The normalized spacial score (nSPS) is 11.1. The standard InChI is InChI=1S/C25H21FN6O2/c1-2-27-25(34)30-24-28-20-10-8-15(13-22(20)29-24)18-11-14(7-9-19(18)26)12-21-16-5-3-4-6-17(16)23(33)32-31-21/h3-11,13H,2,12H2,1H3,(H,32,33)(H3,27,28,29,30,34). The van der Waals surface area contributed by atoms with E-state index in [1.54, 1.807) is 42.5 Å². The van der Waals surface area contributed by atoms with Gasteiger partial charge in [-0.05, 0) is 48.4 Å². The average Bonchev–Trinajstić information content (AvgIpc) is 3.23. The molecule has 5 rings (SSSR count). The van der Waals surface area contributed by atoms with Crippen molar-refractivity contribution in [2.75, 3.05) is 11.9 Å². The first kappa shape index (κ1) is 21.3. The third-order valence-corrected chi connectivity index (χ3v) is 5.54. The minimum Gasteiger partial charge on any atom is -0.338 e. The van der Waals surface area contributed by atoms with Crippen LogP contribution in [0.1, 0.15) is 18.2 Å². The van der Waals surface area contributed by atoms with Crippen LogP contribution in [0.25, 0.3) is 32.9 Å². The van der Waals surface area contributed by atoms with Gasteiger partial charge in [0.15, 0.2) is 0 Å². The van der Waals surface area contributed by atoms with Gasteiger partial charge in [0, 0.05) is 23.9 Å². The van der Waals surface area contributed by atoms with E-state index in [1.165, 1.54) is 6.07 Å². The lowest BCUT2D eigenvalue weighted by Gasteiger charge is -2.09. The van der Waals surface area contributed by atoms with Gasteiger partial charge in [-0.3, -0.25) is 10.1 Å². The predicted molar refractivity (Wildman–Crippen MR) is 129 cm³/mol. The van der Waals surface area contributed by atoms with Gasteiger partial charge >= 0.3 is 6.03 Å². The van der Waals surface area contributed by atoms with Gasteiger partial charge in [0.2, 0.25) is 5.95 Å². The van der Waals surface area contributed by atoms with E-state index in [-0.39, 0.29) is 17.4 Å². The maximum atomic E-state index is 14.8. The Morgan fingerprint density at radius 1 is 1.06 bits per heavy atom. The molecule has 0 aliphatic heterocycles. The van der Waals surface area contributed by atoms with E-state index >= 15 is 0 Å². The second-order valence-electron chi connectivity index (χ2n) is 7.84. The molecule has 170 valence electrons. The molecule has 3 aromatic carbocycles. The zero-order valence-corrected chi connectivity index (χ0v) is 18.3. The van der Waals surface area contributed by atoms with Gasteiger partial charge in [0.1, 0.15) is 5.82 Å². The number of hydrogen-bond donors (Lipinski definition) is 4. The number of halogens is 1. The molecule has 2 amide bonds. The third-order valence-electron chi connectivity index (χ3n) is 5.54. The number of rotatable bonds is 5. The van der Waals surface area contributed by atoms with Crippen LogP contribution in [-0.4, -0.2) is 32.7 Å². The molecule has 0 bridgehead atoms. The lowest BCUT2D eigenvalue weighted by molar-refractivity contribution is 0.252. The summed E-state index contributed by atoms with van der Waals surface area (Å²) in [6.07, 6.45) is 0.426. The third kappa shape index (κ3) is 4.11. The van der Waals surface area contributed by atoms with Crippen molar-refractivity contribution < 1.29 is 9.18 Å². The zero-order chi connectivity index (χ0) is 23.7. The second-order valence-corrected chi connectivity index (χ2v) is 7.84. The van der Waals surface area contributed by atoms with Gasteiger partial charge < -0.3 is 10.3 Å². The number of hydrogen-bond acceptors (Lipinski definition) is 4. The summed E-state index contributed by atoms with van der Waals surface area (Å²) in [5.74, 6) is -0.0538. The van der Waals surface area contributed by atoms with E-state index in [0.717, 1.165) is 16.5 Å². The molecule has 0 spiro atoms. The number of fused-ring (bicyclic) bond motifs is 2. The number of benzene rings is 3. The molecule has 0 saturated heterocycles. The number of carbonyl (C=O) groups is 1. The number of nitrogens with one attached hydrogen (secondary N) is 4. The van der Waals surface area contributed by atoms with Gasteiger partial charge in [-0.15, -0.1) is 0 Å². The van der Waals surface area contributed by atoms with Crippen LogP contribution >= 0.6 is 0 Å². The number of aromatic nitrogens is 4. The topological polar surface area (TPSA) is 116 Å². The molecule has 0 radical (unpaired) electrons. The van der Waals surface area contributed by atoms with Crippen LogP contribution in [0.3, 0.4) is 0 Å². The van der Waals surface area contributed by atoms with Crippen molar-refractivity contribution in [3.05, 3.63) is 88.1 Å². The van der Waals surface area contributed by atoms with Crippen molar-refractivity contribution in [2.45, 2.75) is 13.3 Å². The molecular formula is C25H21FN6O2. The minimum absolute atomic E-state index is 0.243. The van der Waals surface area contributed by atoms with E-state index in [2.05, 4.69) is 30.8 Å². The summed E-state index contributed by atoms with van der Waals surface area (Å²) < 4.78 is 14.8. The van der Waals surface area contributed by atoms with Crippen molar-refractivity contribution in [3.8, 4) is 11.1 Å². The lowest BCUT2D eigenvalue weighted by atomic mass is 9.98. The Hall–Kier alpha value is -4.53. The second kappa shape index (κ2) is 8.78. The molecule has 8 nitrogen and oxygen atoms in total. The first-order valence-corrected chi connectivity index (χ1v) is 10.8. The fraction of sp³-hybridized carbons (Fsp3) is 0.120. The summed E-state index contributed by atoms with van der Waals surface area (Å²) in [4.78, 5) is 31.2. The summed E-state index contributed by atoms with van der Waals surface area (Å²) in [5.41, 5.74) is 3.71. The average molecular weight is 456 g/mol. The molecule has 0 saturated carbocycles. The van der Waals surface area contributed by atoms with Crippen LogP contribution in [0.4, 0.5) is 15.1 Å². The summed E-state index contributed by atoms with van der Waals surface area (Å²) in [6, 6.07) is 17.2. The number of carbonyl (C=O) groups excluding carboxylic acids is 1. The molecular weight excluding hydrogens is 435 g/mol. The highest BCUT2D eigenvalue weighted by Gasteiger charge is 2.13. The maximum absolute atomic E-state index is 14.8. The fourth-order valence-corrected chi connectivity index (χ4v) is 3.95. The van der Waals surface area contributed by atoms with E-state index < -0.39 is 0 Å². The van der Waals surface area contributed by atoms with Crippen LogP contribution in [-0.2, 0) is 6.42 Å². The molecule has 0 unspecified atom stereocenters. The first-order valence-electron chi connectivity index (χ1n) is 10.8.